The van der Waals surface area contributed by atoms with Gasteiger partial charge in [-0.15, -0.1) is 0 Å². The van der Waals surface area contributed by atoms with Crippen molar-refractivity contribution < 1.29 is 9.84 Å². The number of rotatable bonds is 7. The van der Waals surface area contributed by atoms with E-state index < -0.39 is 0 Å². The number of unbranched alkanes of at least 4 members (excludes halogenated alkanes) is 1. The van der Waals surface area contributed by atoms with E-state index >= 15 is 0 Å². The molecular weight excluding hydrogens is 322 g/mol. The lowest BCUT2D eigenvalue weighted by Crippen LogP contribution is -2.51. The second-order valence-corrected chi connectivity index (χ2v) is 8.07. The molecule has 2 aliphatic rings. The first-order valence-corrected chi connectivity index (χ1v) is 10.1. The number of aliphatic hydroxyl groups is 1. The van der Waals surface area contributed by atoms with Crippen LogP contribution in [0.4, 0.5) is 0 Å². The van der Waals surface area contributed by atoms with Crippen LogP contribution in [0.2, 0.25) is 0 Å². The lowest BCUT2D eigenvalue weighted by Gasteiger charge is -2.42. The Kier molecular flexibility index (Phi) is 6.13. The van der Waals surface area contributed by atoms with Gasteiger partial charge in [0, 0.05) is 50.0 Å². The Labute approximate surface area is 149 Å². The highest BCUT2D eigenvalue weighted by atomic mass is 32.2. The van der Waals surface area contributed by atoms with Gasteiger partial charge in [-0.25, -0.2) is 9.97 Å². The molecule has 0 amide bonds. The molecule has 1 saturated carbocycles. The molecule has 3 rings (SSSR count). The highest BCUT2D eigenvalue weighted by Gasteiger charge is 2.50. The fourth-order valence-electron chi connectivity index (χ4n) is 4.00. The van der Waals surface area contributed by atoms with E-state index in [1.165, 1.54) is 12.8 Å². The smallest absolute Gasteiger partial charge is 0.187 e. The predicted molar refractivity (Wildman–Crippen MR) is 96.1 cm³/mol. The van der Waals surface area contributed by atoms with Crippen molar-refractivity contribution in [3.8, 4) is 0 Å². The van der Waals surface area contributed by atoms with Crippen molar-refractivity contribution in [2.45, 2.75) is 74.9 Å². The number of hydrogen-bond acceptors (Lipinski definition) is 6. The van der Waals surface area contributed by atoms with Gasteiger partial charge in [0.1, 0.15) is 0 Å². The van der Waals surface area contributed by atoms with Crippen molar-refractivity contribution in [1.82, 2.24) is 14.9 Å². The maximum atomic E-state index is 10.1. The van der Waals surface area contributed by atoms with Crippen LogP contribution in [0, 0.1) is 0 Å². The Morgan fingerprint density at radius 3 is 2.88 bits per heavy atom. The van der Waals surface area contributed by atoms with Crippen molar-refractivity contribution in [3.05, 3.63) is 18.0 Å². The third kappa shape index (κ3) is 3.93. The average molecular weight is 352 g/mol. The lowest BCUT2D eigenvalue weighted by atomic mass is 9.79. The molecule has 24 heavy (non-hydrogen) atoms. The van der Waals surface area contributed by atoms with Crippen LogP contribution in [0.25, 0.3) is 0 Å². The van der Waals surface area contributed by atoms with Crippen LogP contribution in [0.1, 0.15) is 51.0 Å². The lowest BCUT2D eigenvalue weighted by molar-refractivity contribution is -0.0879. The molecule has 0 radical (unpaired) electrons. The number of aliphatic hydroxyl groups excluding tert-OH is 1. The molecule has 1 saturated heterocycles. The quantitative estimate of drug-likeness (QED) is 0.463. The first kappa shape index (κ1) is 18.1. The van der Waals surface area contributed by atoms with Crippen LogP contribution in [0.15, 0.2) is 17.6 Å². The summed E-state index contributed by atoms with van der Waals surface area (Å²) in [5, 5.41) is 10.9. The fraction of sp³-hybridized carbons (Fsp3) is 0.778. The van der Waals surface area contributed by atoms with Gasteiger partial charge in [0.25, 0.3) is 0 Å². The number of nitrogens with zero attached hydrogens (tertiary/aromatic N) is 3. The van der Waals surface area contributed by atoms with Crippen LogP contribution in [0.3, 0.4) is 0 Å². The van der Waals surface area contributed by atoms with Crippen LogP contribution in [-0.4, -0.2) is 57.1 Å². The number of likely N-dealkylation sites (tertiary alicyclic amines) is 1. The fourth-order valence-corrected chi connectivity index (χ4v) is 4.87. The molecule has 1 N–H and O–H groups in total. The van der Waals surface area contributed by atoms with E-state index in [4.69, 9.17) is 4.74 Å². The van der Waals surface area contributed by atoms with Gasteiger partial charge >= 0.3 is 0 Å². The van der Waals surface area contributed by atoms with Crippen LogP contribution in [-0.2, 0) is 11.3 Å². The largest absolute Gasteiger partial charge is 0.393 e. The minimum absolute atomic E-state index is 0.0734. The zero-order chi connectivity index (χ0) is 17.0. The molecular formula is C18H29N3O2S. The van der Waals surface area contributed by atoms with E-state index in [0.717, 1.165) is 55.2 Å². The molecule has 1 aromatic rings. The van der Waals surface area contributed by atoms with Crippen LogP contribution >= 0.6 is 11.8 Å². The number of aromatic nitrogens is 2. The number of ether oxygens (including phenoxy) is 1. The zero-order valence-electron chi connectivity index (χ0n) is 14.8. The minimum Gasteiger partial charge on any atom is -0.393 e. The number of hydrogen-bond donors (Lipinski definition) is 1. The van der Waals surface area contributed by atoms with E-state index in [-0.39, 0.29) is 11.7 Å². The van der Waals surface area contributed by atoms with Gasteiger partial charge in [0.2, 0.25) is 0 Å². The summed E-state index contributed by atoms with van der Waals surface area (Å²) in [6, 6.07) is 0.296. The molecule has 5 nitrogen and oxygen atoms in total. The minimum atomic E-state index is -0.201. The summed E-state index contributed by atoms with van der Waals surface area (Å²) < 4.78 is 5.91. The number of fused-ring (bicyclic) bond motifs is 1. The first-order chi connectivity index (χ1) is 11.7. The normalized spacial score (nSPS) is 30.5. The zero-order valence-corrected chi connectivity index (χ0v) is 15.6. The van der Waals surface area contributed by atoms with Crippen molar-refractivity contribution in [3.63, 3.8) is 0 Å². The Hall–Kier alpha value is -0.690. The van der Waals surface area contributed by atoms with E-state index in [0.29, 0.717) is 6.04 Å². The van der Waals surface area contributed by atoms with Crippen LogP contribution < -0.4 is 0 Å². The van der Waals surface area contributed by atoms with Gasteiger partial charge in [-0.3, -0.25) is 4.90 Å². The van der Waals surface area contributed by atoms with Gasteiger partial charge in [-0.1, -0.05) is 25.1 Å². The van der Waals surface area contributed by atoms with Crippen molar-refractivity contribution in [2.24, 2.45) is 0 Å². The summed E-state index contributed by atoms with van der Waals surface area (Å²) in [7, 11) is 1.82. The number of thioether (sulfide) groups is 1. The maximum Gasteiger partial charge on any atom is 0.187 e. The standard InChI is InChI=1S/C18H29N3O2S/c1-3-4-9-24-17-19-11-14(12-20-17)13-21-8-7-18(23-2)6-5-15(22)10-16(18)21/h11-12,15-16,22H,3-10,13H2,1-2H3/t15-,16+,18-/m1/s1. The highest BCUT2D eigenvalue weighted by molar-refractivity contribution is 7.99. The molecule has 3 atom stereocenters. The van der Waals surface area contributed by atoms with Gasteiger partial charge in [0.15, 0.2) is 5.16 Å². The van der Waals surface area contributed by atoms with Crippen LogP contribution in [0.5, 0.6) is 0 Å². The van der Waals surface area contributed by atoms with E-state index in [1.54, 1.807) is 11.8 Å². The Bertz CT molecular complexity index is 528. The molecule has 1 aliphatic heterocycles. The van der Waals surface area contributed by atoms with Crippen molar-refractivity contribution in [2.75, 3.05) is 19.4 Å². The summed E-state index contributed by atoms with van der Waals surface area (Å²) >= 11 is 1.73. The Morgan fingerprint density at radius 2 is 2.17 bits per heavy atom. The van der Waals surface area contributed by atoms with Crippen molar-refractivity contribution in [1.29, 1.82) is 0 Å². The van der Waals surface area contributed by atoms with E-state index in [2.05, 4.69) is 21.8 Å². The van der Waals surface area contributed by atoms with Gasteiger partial charge in [-0.05, 0) is 32.1 Å². The maximum absolute atomic E-state index is 10.1. The average Bonchev–Trinajstić information content (AvgIpc) is 2.95. The molecule has 2 heterocycles. The second-order valence-electron chi connectivity index (χ2n) is 7.01. The van der Waals surface area contributed by atoms with E-state index in [1.807, 2.05) is 19.5 Å². The van der Waals surface area contributed by atoms with Crippen molar-refractivity contribution >= 4 is 11.8 Å². The van der Waals surface area contributed by atoms with Gasteiger partial charge in [-0.2, -0.15) is 0 Å². The predicted octanol–water partition coefficient (Wildman–Crippen LogP) is 2.87. The molecule has 1 aromatic heterocycles. The SMILES string of the molecule is CCCCSc1ncc(CN2CC[C@]3(OC)CC[C@@H](O)C[C@H]23)cn1. The molecule has 0 unspecified atom stereocenters. The van der Waals surface area contributed by atoms with Gasteiger partial charge < -0.3 is 9.84 Å². The third-order valence-corrected chi connectivity index (χ3v) is 6.43. The summed E-state index contributed by atoms with van der Waals surface area (Å²) in [4.78, 5) is 11.4. The molecule has 1 aliphatic carbocycles. The molecule has 0 aromatic carbocycles. The third-order valence-electron chi connectivity index (χ3n) is 5.47. The molecule has 6 heteroatoms. The highest BCUT2D eigenvalue weighted by Crippen LogP contribution is 2.42. The van der Waals surface area contributed by atoms with E-state index in [9.17, 15) is 5.11 Å². The second kappa shape index (κ2) is 8.13. The molecule has 134 valence electrons. The molecule has 0 bridgehead atoms. The molecule has 2 fully saturated rings. The summed E-state index contributed by atoms with van der Waals surface area (Å²) in [5.74, 6) is 1.08. The summed E-state index contributed by atoms with van der Waals surface area (Å²) in [6.45, 7) is 4.05. The first-order valence-electron chi connectivity index (χ1n) is 9.08. The Balaban J connectivity index is 1.61. The Morgan fingerprint density at radius 1 is 1.38 bits per heavy atom. The molecule has 0 spiro atoms. The summed E-state index contributed by atoms with van der Waals surface area (Å²) in [5.41, 5.74) is 1.07. The monoisotopic (exact) mass is 351 g/mol. The summed E-state index contributed by atoms with van der Waals surface area (Å²) in [6.07, 6.45) is 9.77. The topological polar surface area (TPSA) is 58.5 Å². The van der Waals surface area contributed by atoms with Gasteiger partial charge in [0.05, 0.1) is 11.7 Å². The number of methoxy groups -OCH3 is 1.